The number of alkyl halides is 1. The number of ketones is 1. The standard InChI is InChI=1S/C12H17ClO/c13-6-11(14)12-9-2-7-1-8(4-9)5-10(12)3-7/h7-10,12H,1-6H2. The van der Waals surface area contributed by atoms with Crippen molar-refractivity contribution in [2.75, 3.05) is 5.88 Å². The summed E-state index contributed by atoms with van der Waals surface area (Å²) in [6.45, 7) is 0. The molecule has 0 spiro atoms. The van der Waals surface area contributed by atoms with Gasteiger partial charge in [0, 0.05) is 5.92 Å². The quantitative estimate of drug-likeness (QED) is 0.644. The van der Waals surface area contributed by atoms with Gasteiger partial charge in [-0.3, -0.25) is 4.79 Å². The van der Waals surface area contributed by atoms with E-state index in [1.165, 1.54) is 32.1 Å². The van der Waals surface area contributed by atoms with E-state index in [2.05, 4.69) is 0 Å². The first-order valence-corrected chi connectivity index (χ1v) is 6.40. The van der Waals surface area contributed by atoms with Crippen LogP contribution in [0.4, 0.5) is 0 Å². The molecule has 78 valence electrons. The van der Waals surface area contributed by atoms with Gasteiger partial charge in [-0.15, -0.1) is 11.6 Å². The maximum Gasteiger partial charge on any atom is 0.151 e. The number of carbonyl (C=O) groups is 1. The molecular formula is C12H17ClO. The van der Waals surface area contributed by atoms with Gasteiger partial charge in [-0.25, -0.2) is 0 Å². The monoisotopic (exact) mass is 212 g/mol. The van der Waals surface area contributed by atoms with E-state index >= 15 is 0 Å². The summed E-state index contributed by atoms with van der Waals surface area (Å²) in [6, 6.07) is 0. The van der Waals surface area contributed by atoms with Crippen molar-refractivity contribution < 1.29 is 4.79 Å². The second kappa shape index (κ2) is 3.23. The van der Waals surface area contributed by atoms with Gasteiger partial charge in [-0.1, -0.05) is 0 Å². The van der Waals surface area contributed by atoms with Gasteiger partial charge in [0.15, 0.2) is 5.78 Å². The third-order valence-electron chi connectivity index (χ3n) is 4.73. The van der Waals surface area contributed by atoms with E-state index in [-0.39, 0.29) is 5.88 Å². The summed E-state index contributed by atoms with van der Waals surface area (Å²) in [7, 11) is 0. The van der Waals surface area contributed by atoms with Gasteiger partial charge >= 0.3 is 0 Å². The lowest BCUT2D eigenvalue weighted by Crippen LogP contribution is -2.48. The minimum Gasteiger partial charge on any atom is -0.298 e. The molecule has 0 atom stereocenters. The molecule has 0 heterocycles. The molecular weight excluding hydrogens is 196 g/mol. The van der Waals surface area contributed by atoms with Crippen molar-refractivity contribution in [3.63, 3.8) is 0 Å². The number of halogens is 1. The summed E-state index contributed by atoms with van der Waals surface area (Å²) in [5, 5.41) is 0. The molecule has 4 rings (SSSR count). The lowest BCUT2D eigenvalue weighted by Gasteiger charge is -2.53. The Morgan fingerprint density at radius 2 is 1.50 bits per heavy atom. The Hall–Kier alpha value is -0.0400. The fraction of sp³-hybridized carbons (Fsp3) is 0.917. The van der Waals surface area contributed by atoms with Gasteiger partial charge in [0.25, 0.3) is 0 Å². The van der Waals surface area contributed by atoms with E-state index in [0.717, 1.165) is 11.8 Å². The smallest absolute Gasteiger partial charge is 0.151 e. The van der Waals surface area contributed by atoms with Crippen molar-refractivity contribution in [3.8, 4) is 0 Å². The van der Waals surface area contributed by atoms with E-state index in [1.54, 1.807) is 0 Å². The number of hydrogen-bond acceptors (Lipinski definition) is 1. The molecule has 0 unspecified atom stereocenters. The predicted octanol–water partition coefficient (Wildman–Crippen LogP) is 2.87. The topological polar surface area (TPSA) is 17.1 Å². The van der Waals surface area contributed by atoms with E-state index in [0.29, 0.717) is 23.5 Å². The zero-order chi connectivity index (χ0) is 9.71. The SMILES string of the molecule is O=C(CCl)C1C2CC3CC(C2)CC1C3. The number of rotatable bonds is 2. The second-order valence-corrected chi connectivity index (χ2v) is 5.82. The second-order valence-electron chi connectivity index (χ2n) is 5.56. The normalized spacial score (nSPS) is 49.6. The molecule has 4 bridgehead atoms. The third-order valence-corrected chi connectivity index (χ3v) is 4.99. The van der Waals surface area contributed by atoms with Gasteiger partial charge in [-0.05, 0) is 55.8 Å². The summed E-state index contributed by atoms with van der Waals surface area (Å²) in [4.78, 5) is 11.8. The number of carbonyl (C=O) groups excluding carboxylic acids is 1. The van der Waals surface area contributed by atoms with Crippen molar-refractivity contribution in [2.45, 2.75) is 32.1 Å². The van der Waals surface area contributed by atoms with Crippen LogP contribution in [0.3, 0.4) is 0 Å². The first-order valence-electron chi connectivity index (χ1n) is 5.86. The van der Waals surface area contributed by atoms with Crippen molar-refractivity contribution in [1.82, 2.24) is 0 Å². The molecule has 4 fully saturated rings. The van der Waals surface area contributed by atoms with E-state index in [9.17, 15) is 4.79 Å². The van der Waals surface area contributed by atoms with Crippen LogP contribution in [0.2, 0.25) is 0 Å². The highest BCUT2D eigenvalue weighted by Crippen LogP contribution is 2.56. The fourth-order valence-electron chi connectivity index (χ4n) is 4.54. The van der Waals surface area contributed by atoms with Crippen molar-refractivity contribution in [1.29, 1.82) is 0 Å². The molecule has 2 heteroatoms. The van der Waals surface area contributed by atoms with Crippen molar-refractivity contribution in [2.24, 2.45) is 29.6 Å². The minimum absolute atomic E-state index is 0.243. The van der Waals surface area contributed by atoms with Crippen LogP contribution in [-0.2, 0) is 4.79 Å². The average molecular weight is 213 g/mol. The van der Waals surface area contributed by atoms with Crippen LogP contribution in [0.15, 0.2) is 0 Å². The highest BCUT2D eigenvalue weighted by atomic mass is 35.5. The molecule has 4 aliphatic rings. The molecule has 0 aromatic rings. The summed E-state index contributed by atoms with van der Waals surface area (Å²) < 4.78 is 0. The predicted molar refractivity (Wildman–Crippen MR) is 56.3 cm³/mol. The van der Waals surface area contributed by atoms with Gasteiger partial charge < -0.3 is 0 Å². The van der Waals surface area contributed by atoms with Crippen LogP contribution < -0.4 is 0 Å². The van der Waals surface area contributed by atoms with E-state index < -0.39 is 0 Å². The molecule has 0 aromatic carbocycles. The third kappa shape index (κ3) is 1.25. The van der Waals surface area contributed by atoms with Crippen LogP contribution in [0, 0.1) is 29.6 Å². The Morgan fingerprint density at radius 3 is 1.93 bits per heavy atom. The Kier molecular flexibility index (Phi) is 2.12. The summed E-state index contributed by atoms with van der Waals surface area (Å²) in [6.07, 6.45) is 6.73. The Bertz CT molecular complexity index is 233. The molecule has 0 N–H and O–H groups in total. The minimum atomic E-state index is 0.243. The molecule has 4 aliphatic carbocycles. The molecule has 14 heavy (non-hydrogen) atoms. The van der Waals surface area contributed by atoms with Gasteiger partial charge in [0.05, 0.1) is 5.88 Å². The van der Waals surface area contributed by atoms with Crippen molar-refractivity contribution >= 4 is 17.4 Å². The van der Waals surface area contributed by atoms with Crippen molar-refractivity contribution in [3.05, 3.63) is 0 Å². The van der Waals surface area contributed by atoms with E-state index in [4.69, 9.17) is 11.6 Å². The zero-order valence-electron chi connectivity index (χ0n) is 8.42. The summed E-state index contributed by atoms with van der Waals surface area (Å²) in [5.41, 5.74) is 0. The molecule has 0 amide bonds. The number of Topliss-reactive ketones (excluding diaryl/α,β-unsaturated/α-hetero) is 1. The molecule has 4 saturated carbocycles. The highest BCUT2D eigenvalue weighted by Gasteiger charge is 2.50. The molecule has 0 aliphatic heterocycles. The first-order chi connectivity index (χ1) is 6.78. The largest absolute Gasteiger partial charge is 0.298 e. The Balaban J connectivity index is 1.84. The maximum atomic E-state index is 11.8. The first kappa shape index (κ1) is 9.21. The van der Waals surface area contributed by atoms with Crippen LogP contribution in [0.25, 0.3) is 0 Å². The lowest BCUT2D eigenvalue weighted by molar-refractivity contribution is -0.133. The molecule has 1 nitrogen and oxygen atoms in total. The molecule has 0 aromatic heterocycles. The van der Waals surface area contributed by atoms with Crippen LogP contribution >= 0.6 is 11.6 Å². The molecule has 0 saturated heterocycles. The van der Waals surface area contributed by atoms with Gasteiger partial charge in [0.2, 0.25) is 0 Å². The van der Waals surface area contributed by atoms with E-state index in [1.807, 2.05) is 0 Å². The summed E-state index contributed by atoms with van der Waals surface area (Å²) >= 11 is 5.70. The Labute approximate surface area is 90.2 Å². The van der Waals surface area contributed by atoms with Crippen LogP contribution in [0.1, 0.15) is 32.1 Å². The highest BCUT2D eigenvalue weighted by molar-refractivity contribution is 6.28. The van der Waals surface area contributed by atoms with Gasteiger partial charge in [-0.2, -0.15) is 0 Å². The maximum absolute atomic E-state index is 11.8. The fourth-order valence-corrected chi connectivity index (χ4v) is 4.72. The summed E-state index contributed by atoms with van der Waals surface area (Å²) in [5.74, 6) is 4.25. The molecule has 0 radical (unpaired) electrons. The van der Waals surface area contributed by atoms with Crippen LogP contribution in [0.5, 0.6) is 0 Å². The van der Waals surface area contributed by atoms with Crippen LogP contribution in [-0.4, -0.2) is 11.7 Å². The van der Waals surface area contributed by atoms with Gasteiger partial charge in [0.1, 0.15) is 0 Å². The average Bonchev–Trinajstić information content (AvgIpc) is 2.15. The number of hydrogen-bond donors (Lipinski definition) is 0. The zero-order valence-corrected chi connectivity index (χ0v) is 9.17. The Morgan fingerprint density at radius 1 is 1.00 bits per heavy atom. The lowest BCUT2D eigenvalue weighted by atomic mass is 9.51.